The van der Waals surface area contributed by atoms with Crippen LogP contribution < -0.4 is 5.32 Å². The van der Waals surface area contributed by atoms with E-state index < -0.39 is 34.6 Å². The van der Waals surface area contributed by atoms with Gasteiger partial charge in [0.1, 0.15) is 22.7 Å². The number of aromatic carboxylic acids is 1. The van der Waals surface area contributed by atoms with Crippen LogP contribution in [-0.2, 0) is 27.2 Å². The molecule has 0 aliphatic carbocycles. The van der Waals surface area contributed by atoms with Gasteiger partial charge in [0.2, 0.25) is 0 Å². The van der Waals surface area contributed by atoms with Gasteiger partial charge in [-0.25, -0.2) is 13.6 Å². The Hall–Kier alpha value is -3.37. The van der Waals surface area contributed by atoms with Gasteiger partial charge in [-0.2, -0.15) is 0 Å². The smallest absolute Gasteiger partial charge is 0.336 e. The number of aryl methyl sites for hydroxylation is 1. The van der Waals surface area contributed by atoms with Gasteiger partial charge in [0.25, 0.3) is 5.91 Å². The van der Waals surface area contributed by atoms with Gasteiger partial charge >= 0.3 is 5.97 Å². The molecule has 0 spiro atoms. The van der Waals surface area contributed by atoms with Crippen molar-refractivity contribution >= 4 is 23.5 Å². The third kappa shape index (κ3) is 6.17. The molecule has 1 fully saturated rings. The Bertz CT molecular complexity index is 1510. The van der Waals surface area contributed by atoms with Crippen LogP contribution in [-0.4, -0.2) is 48.1 Å². The molecule has 2 atom stereocenters. The maximum atomic E-state index is 16.4. The van der Waals surface area contributed by atoms with Gasteiger partial charge in [0.05, 0.1) is 5.56 Å². The summed E-state index contributed by atoms with van der Waals surface area (Å²) in [7, 11) is 1.37. The van der Waals surface area contributed by atoms with E-state index in [4.69, 9.17) is 21.1 Å². The molecule has 3 aromatic carbocycles. The van der Waals surface area contributed by atoms with Gasteiger partial charge in [-0.1, -0.05) is 48.4 Å². The summed E-state index contributed by atoms with van der Waals surface area (Å²) in [5.41, 5.74) is -4.61. The van der Waals surface area contributed by atoms with Crippen LogP contribution in [0.4, 0.5) is 8.78 Å². The maximum Gasteiger partial charge on any atom is 0.336 e. The number of hydrogen-bond donors (Lipinski definition) is 3. The number of carbonyl (C=O) groups is 2. The SMILES string of the molecule is CC[C@@](O)(c1cc(F)c([C@](C)(OC)c2ccc(Cl)cc2)c(C(=O)NCc2ccc(C)cc2C(=O)O)c1)C1(F)CCOCC1. The highest BCUT2D eigenvalue weighted by Crippen LogP contribution is 2.47. The molecule has 1 heterocycles. The Morgan fingerprint density at radius 3 is 2.30 bits per heavy atom. The number of methoxy groups -OCH3 is 1. The van der Waals surface area contributed by atoms with Gasteiger partial charge in [0.15, 0.2) is 0 Å². The highest BCUT2D eigenvalue weighted by atomic mass is 35.5. The van der Waals surface area contributed by atoms with Crippen LogP contribution in [0.1, 0.15) is 81.6 Å². The molecular formula is C33H36ClF2NO6. The minimum atomic E-state index is -2.12. The number of rotatable bonds is 10. The Kier molecular flexibility index (Phi) is 9.61. The van der Waals surface area contributed by atoms with Gasteiger partial charge < -0.3 is 25.0 Å². The summed E-state index contributed by atoms with van der Waals surface area (Å²) < 4.78 is 43.9. The number of carboxylic acids is 1. The summed E-state index contributed by atoms with van der Waals surface area (Å²) >= 11 is 6.09. The van der Waals surface area contributed by atoms with Crippen LogP contribution in [0, 0.1) is 12.7 Å². The van der Waals surface area contributed by atoms with E-state index in [0.717, 1.165) is 11.6 Å². The number of halogens is 3. The minimum Gasteiger partial charge on any atom is -0.478 e. The van der Waals surface area contributed by atoms with Crippen LogP contribution >= 0.6 is 11.6 Å². The van der Waals surface area contributed by atoms with Crippen molar-refractivity contribution in [2.75, 3.05) is 20.3 Å². The van der Waals surface area contributed by atoms with Crippen LogP contribution in [0.3, 0.4) is 0 Å². The monoisotopic (exact) mass is 615 g/mol. The molecule has 43 heavy (non-hydrogen) atoms. The van der Waals surface area contributed by atoms with Crippen molar-refractivity contribution in [3.63, 3.8) is 0 Å². The molecule has 0 radical (unpaired) electrons. The number of carbonyl (C=O) groups excluding carboxylic acids is 1. The predicted octanol–water partition coefficient (Wildman–Crippen LogP) is 6.44. The number of ether oxygens (including phenoxy) is 2. The molecule has 1 saturated heterocycles. The quantitative estimate of drug-likeness (QED) is 0.242. The summed E-state index contributed by atoms with van der Waals surface area (Å²) in [4.78, 5) is 25.8. The Morgan fingerprint density at radius 2 is 1.72 bits per heavy atom. The molecule has 230 valence electrons. The van der Waals surface area contributed by atoms with E-state index in [1.807, 2.05) is 0 Å². The lowest BCUT2D eigenvalue weighted by Crippen LogP contribution is -2.51. The largest absolute Gasteiger partial charge is 0.478 e. The number of aliphatic hydroxyl groups is 1. The second-order valence-corrected chi connectivity index (χ2v) is 11.5. The summed E-state index contributed by atoms with van der Waals surface area (Å²) in [6.45, 7) is 4.94. The molecule has 10 heteroatoms. The normalized spacial score (nSPS) is 17.5. The zero-order valence-corrected chi connectivity index (χ0v) is 25.4. The highest BCUT2D eigenvalue weighted by Gasteiger charge is 2.53. The van der Waals surface area contributed by atoms with E-state index in [1.54, 1.807) is 57.2 Å². The second-order valence-electron chi connectivity index (χ2n) is 11.1. The predicted molar refractivity (Wildman–Crippen MR) is 159 cm³/mol. The van der Waals surface area contributed by atoms with Gasteiger partial charge in [-0.05, 0) is 67.3 Å². The zero-order valence-electron chi connectivity index (χ0n) is 24.6. The fourth-order valence-corrected chi connectivity index (χ4v) is 5.97. The summed E-state index contributed by atoms with van der Waals surface area (Å²) in [5.74, 6) is -2.80. The maximum absolute atomic E-state index is 16.4. The van der Waals surface area contributed by atoms with Crippen molar-refractivity contribution in [3.05, 3.63) is 104 Å². The van der Waals surface area contributed by atoms with E-state index in [2.05, 4.69) is 5.32 Å². The Labute approximate surface area is 254 Å². The molecule has 1 aliphatic rings. The fraction of sp³-hybridized carbons (Fsp3) is 0.394. The second kappa shape index (κ2) is 12.7. The van der Waals surface area contributed by atoms with Crippen molar-refractivity contribution in [3.8, 4) is 0 Å². The molecule has 0 unspecified atom stereocenters. The first-order chi connectivity index (χ1) is 20.3. The van der Waals surface area contributed by atoms with Crippen LogP contribution in [0.25, 0.3) is 0 Å². The summed E-state index contributed by atoms with van der Waals surface area (Å²) in [5, 5.41) is 24.6. The number of amides is 1. The minimum absolute atomic E-state index is 0.0163. The Balaban J connectivity index is 1.88. The molecule has 3 aromatic rings. The van der Waals surface area contributed by atoms with Crippen LogP contribution in [0.15, 0.2) is 54.6 Å². The average molecular weight is 616 g/mol. The molecule has 3 N–H and O–H groups in total. The van der Waals surface area contributed by atoms with E-state index in [0.29, 0.717) is 16.1 Å². The fourth-order valence-electron chi connectivity index (χ4n) is 5.84. The van der Waals surface area contributed by atoms with Crippen molar-refractivity contribution in [2.24, 2.45) is 0 Å². The van der Waals surface area contributed by atoms with Crippen LogP contribution in [0.2, 0.25) is 5.02 Å². The number of benzene rings is 3. The average Bonchev–Trinajstić information content (AvgIpc) is 2.99. The molecule has 0 bridgehead atoms. The molecule has 7 nitrogen and oxygen atoms in total. The van der Waals surface area contributed by atoms with Crippen molar-refractivity contribution in [2.45, 2.75) is 63.4 Å². The first kappa shape index (κ1) is 32.5. The Morgan fingerprint density at radius 1 is 1.07 bits per heavy atom. The van der Waals surface area contributed by atoms with Crippen molar-refractivity contribution < 1.29 is 38.1 Å². The topological polar surface area (TPSA) is 105 Å². The number of alkyl halides is 1. The third-order valence-electron chi connectivity index (χ3n) is 8.57. The third-order valence-corrected chi connectivity index (χ3v) is 8.82. The molecular weight excluding hydrogens is 580 g/mol. The lowest BCUT2D eigenvalue weighted by atomic mass is 9.71. The highest BCUT2D eigenvalue weighted by molar-refractivity contribution is 6.30. The molecule has 1 aliphatic heterocycles. The lowest BCUT2D eigenvalue weighted by Gasteiger charge is -2.44. The van der Waals surface area contributed by atoms with Crippen molar-refractivity contribution in [1.29, 1.82) is 0 Å². The number of hydrogen-bond acceptors (Lipinski definition) is 5. The number of carboxylic acid groups (broad SMARTS) is 1. The molecule has 1 amide bonds. The van der Waals surface area contributed by atoms with Gasteiger partial charge in [0, 0.05) is 55.9 Å². The molecule has 0 saturated carbocycles. The van der Waals surface area contributed by atoms with Crippen molar-refractivity contribution in [1.82, 2.24) is 5.32 Å². The van der Waals surface area contributed by atoms with E-state index in [1.165, 1.54) is 19.2 Å². The first-order valence-corrected chi connectivity index (χ1v) is 14.4. The summed E-state index contributed by atoms with van der Waals surface area (Å²) in [6, 6.07) is 13.7. The lowest BCUT2D eigenvalue weighted by molar-refractivity contribution is -0.155. The number of nitrogens with one attached hydrogen (secondary N) is 1. The van der Waals surface area contributed by atoms with Crippen LogP contribution in [0.5, 0.6) is 0 Å². The summed E-state index contributed by atoms with van der Waals surface area (Å²) in [6.07, 6.45) is -0.296. The first-order valence-electron chi connectivity index (χ1n) is 14.1. The van der Waals surface area contributed by atoms with E-state index in [9.17, 15) is 19.8 Å². The van der Waals surface area contributed by atoms with E-state index >= 15 is 8.78 Å². The molecule has 4 rings (SSSR count). The van der Waals surface area contributed by atoms with E-state index in [-0.39, 0.29) is 61.3 Å². The van der Waals surface area contributed by atoms with Gasteiger partial charge in [-0.15, -0.1) is 0 Å². The molecule has 0 aromatic heterocycles. The van der Waals surface area contributed by atoms with Gasteiger partial charge in [-0.3, -0.25) is 4.79 Å². The standard InChI is InChI=1S/C33H36ClF2NO6/c1-5-33(41,32(36)12-14-43-15-13-32)23-17-26(29(38)37-19-21-7-6-20(2)16-25(21)30(39)40)28(27(35)18-23)31(3,42-4)22-8-10-24(34)11-9-22/h6-11,16-18,41H,5,12-15,19H2,1-4H3,(H,37,38)(H,39,40)/t31-,33-/m1/s1. The zero-order chi connectivity index (χ0) is 31.6.